The number of sulfonamides is 1. The van der Waals surface area contributed by atoms with Crippen LogP contribution in [-0.2, 0) is 26.0 Å². The first-order chi connectivity index (χ1) is 18.4. The Kier molecular flexibility index (Phi) is 8.66. The number of rotatable bonds is 10. The van der Waals surface area contributed by atoms with Crippen LogP contribution in [0.3, 0.4) is 0 Å². The van der Waals surface area contributed by atoms with E-state index in [2.05, 4.69) is 32.4 Å². The number of amides is 1. The van der Waals surface area contributed by atoms with Crippen LogP contribution < -0.4 is 9.46 Å². The van der Waals surface area contributed by atoms with Crippen LogP contribution in [0.1, 0.15) is 83.5 Å². The van der Waals surface area contributed by atoms with Gasteiger partial charge >= 0.3 is 0 Å². The highest BCUT2D eigenvalue weighted by molar-refractivity contribution is 7.90. The average Bonchev–Trinajstić information content (AvgIpc) is 2.86. The molecule has 0 saturated carbocycles. The number of carbonyl (C=O) groups is 1. The molecule has 1 saturated heterocycles. The molecular formula is C29H38N2O7S. The van der Waals surface area contributed by atoms with Gasteiger partial charge in [0.05, 0.1) is 22.0 Å². The van der Waals surface area contributed by atoms with Gasteiger partial charge in [0.25, 0.3) is 15.7 Å². The van der Waals surface area contributed by atoms with Gasteiger partial charge in [0.1, 0.15) is 11.4 Å². The van der Waals surface area contributed by atoms with Gasteiger partial charge in [-0.25, -0.2) is 13.1 Å². The summed E-state index contributed by atoms with van der Waals surface area (Å²) in [7, 11) is -4.13. The molecule has 0 unspecified atom stereocenters. The number of aryl methyl sites for hydroxylation is 1. The minimum Gasteiger partial charge on any atom is -0.487 e. The number of ether oxygens (including phenoxy) is 2. The van der Waals surface area contributed by atoms with Gasteiger partial charge in [0.15, 0.2) is 0 Å². The summed E-state index contributed by atoms with van der Waals surface area (Å²) in [6.45, 7) is 8.76. The molecular weight excluding hydrogens is 520 g/mol. The molecule has 4 atom stereocenters. The minimum atomic E-state index is -4.13. The number of nitrogens with one attached hydrogen (secondary N) is 1. The van der Waals surface area contributed by atoms with Crippen molar-refractivity contribution in [2.45, 2.75) is 95.3 Å². The van der Waals surface area contributed by atoms with Crippen LogP contribution in [0, 0.1) is 22.0 Å². The predicted molar refractivity (Wildman–Crippen MR) is 147 cm³/mol. The Morgan fingerprint density at radius 3 is 2.56 bits per heavy atom. The maximum absolute atomic E-state index is 12.6. The van der Waals surface area contributed by atoms with E-state index in [1.165, 1.54) is 0 Å². The lowest BCUT2D eigenvalue weighted by molar-refractivity contribution is -0.384. The van der Waals surface area contributed by atoms with Gasteiger partial charge in [-0.2, -0.15) is 0 Å². The summed E-state index contributed by atoms with van der Waals surface area (Å²) in [6.07, 6.45) is 5.64. The smallest absolute Gasteiger partial charge is 0.269 e. The first-order valence-electron chi connectivity index (χ1n) is 13.7. The predicted octanol–water partition coefficient (Wildman–Crippen LogP) is 5.87. The van der Waals surface area contributed by atoms with Crippen LogP contribution in [0.25, 0.3) is 0 Å². The summed E-state index contributed by atoms with van der Waals surface area (Å²) in [5, 5.41) is 10.8. The van der Waals surface area contributed by atoms with Gasteiger partial charge in [-0.05, 0) is 75.6 Å². The van der Waals surface area contributed by atoms with Crippen molar-refractivity contribution < 1.29 is 27.6 Å². The van der Waals surface area contributed by atoms with Crippen molar-refractivity contribution in [2.75, 3.05) is 0 Å². The maximum Gasteiger partial charge on any atom is 0.269 e. The lowest BCUT2D eigenvalue weighted by Crippen LogP contribution is -2.50. The van der Waals surface area contributed by atoms with E-state index in [-0.39, 0.29) is 40.7 Å². The number of nitro benzene ring substituents is 1. The standard InChI is InChI=1S/C29H38N2O7S/c1-19(2)6-5-17-29(4)25-15-7-20(3)37-28(25)24-14-8-21(18-26(24)38-29)9-16-27(32)30-39(35,36)23-12-10-22(11-13-23)31(33)34/h8,10-14,18-20,25,28H,5-7,9,15-17H2,1-4H3,(H,30,32)/t20-,25-,28+,29+/m1/s1. The van der Waals surface area contributed by atoms with E-state index in [1.807, 2.05) is 18.2 Å². The van der Waals surface area contributed by atoms with Crippen molar-refractivity contribution in [2.24, 2.45) is 11.8 Å². The molecule has 1 N–H and O–H groups in total. The van der Waals surface area contributed by atoms with Crippen molar-refractivity contribution in [1.82, 2.24) is 4.72 Å². The largest absolute Gasteiger partial charge is 0.487 e. The quantitative estimate of drug-likeness (QED) is 0.286. The fraction of sp³-hybridized carbons (Fsp3) is 0.552. The van der Waals surface area contributed by atoms with Crippen LogP contribution in [0.4, 0.5) is 5.69 Å². The van der Waals surface area contributed by atoms with Crippen molar-refractivity contribution in [1.29, 1.82) is 0 Å². The summed E-state index contributed by atoms with van der Waals surface area (Å²) in [5.74, 6) is 1.02. The Balaban J connectivity index is 1.45. The van der Waals surface area contributed by atoms with Crippen molar-refractivity contribution >= 4 is 21.6 Å². The van der Waals surface area contributed by atoms with Crippen LogP contribution in [-0.4, -0.2) is 31.0 Å². The maximum atomic E-state index is 12.6. The summed E-state index contributed by atoms with van der Waals surface area (Å²) >= 11 is 0. The van der Waals surface area contributed by atoms with Crippen LogP contribution in [0.15, 0.2) is 47.4 Å². The fourth-order valence-electron chi connectivity index (χ4n) is 5.64. The zero-order valence-electron chi connectivity index (χ0n) is 23.0. The third-order valence-corrected chi connectivity index (χ3v) is 9.23. The van der Waals surface area contributed by atoms with Crippen LogP contribution in [0.5, 0.6) is 5.75 Å². The molecule has 2 aromatic carbocycles. The molecule has 0 aromatic heterocycles. The van der Waals surface area contributed by atoms with E-state index in [0.29, 0.717) is 12.3 Å². The second-order valence-corrected chi connectivity index (χ2v) is 13.1. The highest BCUT2D eigenvalue weighted by Crippen LogP contribution is 2.52. The molecule has 0 spiro atoms. The summed E-state index contributed by atoms with van der Waals surface area (Å²) in [5.41, 5.74) is 1.32. The number of hydrogen-bond acceptors (Lipinski definition) is 7. The Hall–Kier alpha value is -2.98. The topological polar surface area (TPSA) is 125 Å². The molecule has 2 aromatic rings. The number of hydrogen-bond donors (Lipinski definition) is 1. The molecule has 4 rings (SSSR count). The molecule has 9 nitrogen and oxygen atoms in total. The molecule has 0 radical (unpaired) electrons. The molecule has 0 aliphatic carbocycles. The number of fused-ring (bicyclic) bond motifs is 3. The first-order valence-corrected chi connectivity index (χ1v) is 15.1. The van der Waals surface area contributed by atoms with Crippen LogP contribution >= 0.6 is 0 Å². The van der Waals surface area contributed by atoms with Gasteiger partial charge in [-0.3, -0.25) is 14.9 Å². The lowest BCUT2D eigenvalue weighted by Gasteiger charge is -2.50. The number of nitro groups is 1. The molecule has 1 amide bonds. The fourth-order valence-corrected chi connectivity index (χ4v) is 6.66. The van der Waals surface area contributed by atoms with E-state index in [1.54, 1.807) is 0 Å². The highest BCUT2D eigenvalue weighted by Gasteiger charge is 2.49. The molecule has 1 fully saturated rings. The van der Waals surface area contributed by atoms with E-state index in [4.69, 9.17) is 9.47 Å². The normalized spacial score (nSPS) is 24.4. The van der Waals surface area contributed by atoms with Crippen molar-refractivity contribution in [3.63, 3.8) is 0 Å². The molecule has 2 aliphatic rings. The molecule has 0 bridgehead atoms. The molecule has 2 heterocycles. The molecule has 212 valence electrons. The van der Waals surface area contributed by atoms with E-state index in [9.17, 15) is 23.3 Å². The zero-order valence-corrected chi connectivity index (χ0v) is 23.8. The monoisotopic (exact) mass is 558 g/mol. The van der Waals surface area contributed by atoms with E-state index in [0.717, 1.165) is 73.2 Å². The summed E-state index contributed by atoms with van der Waals surface area (Å²) < 4.78 is 40.3. The Labute approximate surface area is 230 Å². The molecule has 10 heteroatoms. The first kappa shape index (κ1) is 29.0. The molecule has 39 heavy (non-hydrogen) atoms. The minimum absolute atomic E-state index is 0.0364. The average molecular weight is 559 g/mol. The van der Waals surface area contributed by atoms with Gasteiger partial charge in [0.2, 0.25) is 5.91 Å². The second-order valence-electron chi connectivity index (χ2n) is 11.4. The Morgan fingerprint density at radius 2 is 1.90 bits per heavy atom. The number of carbonyl (C=O) groups excluding carboxylic acids is 1. The van der Waals surface area contributed by atoms with Crippen molar-refractivity contribution in [3.8, 4) is 5.75 Å². The zero-order chi connectivity index (χ0) is 28.4. The number of non-ortho nitro benzene ring substituents is 1. The highest BCUT2D eigenvalue weighted by atomic mass is 32.2. The lowest BCUT2D eigenvalue weighted by atomic mass is 9.72. The van der Waals surface area contributed by atoms with Gasteiger partial charge < -0.3 is 9.47 Å². The number of nitrogens with zero attached hydrogens (tertiary/aromatic N) is 1. The van der Waals surface area contributed by atoms with Gasteiger partial charge in [-0.15, -0.1) is 0 Å². The van der Waals surface area contributed by atoms with E-state index >= 15 is 0 Å². The Morgan fingerprint density at radius 1 is 1.18 bits per heavy atom. The van der Waals surface area contributed by atoms with Gasteiger partial charge in [-0.1, -0.05) is 32.4 Å². The third kappa shape index (κ3) is 6.78. The van der Waals surface area contributed by atoms with Crippen LogP contribution in [0.2, 0.25) is 0 Å². The van der Waals surface area contributed by atoms with Crippen molar-refractivity contribution in [3.05, 3.63) is 63.7 Å². The van der Waals surface area contributed by atoms with Gasteiger partial charge in [0, 0.05) is 30.0 Å². The second kappa shape index (κ2) is 11.6. The SMILES string of the molecule is CC(C)CCC[C@]1(C)Oc2cc(CCC(=O)NS(=O)(=O)c3ccc([N+](=O)[O-])cc3)ccc2[C@@H]2O[C@H](C)CC[C@H]21. The Bertz CT molecular complexity index is 1310. The summed E-state index contributed by atoms with van der Waals surface area (Å²) in [4.78, 5) is 22.5. The van der Waals surface area contributed by atoms with E-state index < -0.39 is 20.9 Å². The molecule has 2 aliphatic heterocycles. The number of benzene rings is 2. The third-order valence-electron chi connectivity index (χ3n) is 7.84. The summed E-state index contributed by atoms with van der Waals surface area (Å²) in [6, 6.07) is 10.3.